The van der Waals surface area contributed by atoms with Gasteiger partial charge in [-0.05, 0) is 33.9 Å². The van der Waals surface area contributed by atoms with E-state index < -0.39 is 10.0 Å². The molecule has 0 saturated carbocycles. The Bertz CT molecular complexity index is 595. The smallest absolute Gasteiger partial charge is 0.244 e. The molecule has 6 nitrogen and oxygen atoms in total. The van der Waals surface area contributed by atoms with E-state index in [0.717, 1.165) is 6.54 Å². The van der Waals surface area contributed by atoms with E-state index in [2.05, 4.69) is 4.90 Å². The summed E-state index contributed by atoms with van der Waals surface area (Å²) in [6, 6.07) is 1.90. The molecule has 0 bridgehead atoms. The summed E-state index contributed by atoms with van der Waals surface area (Å²) < 4.78 is 28.9. The molecule has 0 spiro atoms. The van der Waals surface area contributed by atoms with E-state index in [0.29, 0.717) is 18.8 Å². The predicted octanol–water partition coefficient (Wildman–Crippen LogP) is 0.886. The number of aliphatic hydroxyl groups is 1. The van der Waals surface area contributed by atoms with Crippen LogP contribution in [0.5, 0.6) is 0 Å². The fourth-order valence-corrected chi connectivity index (χ4v) is 4.19. The summed E-state index contributed by atoms with van der Waals surface area (Å²) >= 11 is 0. The maximum absolute atomic E-state index is 12.8. The molecule has 1 fully saturated rings. The maximum Gasteiger partial charge on any atom is 0.244 e. The molecule has 2 rings (SSSR count). The quantitative estimate of drug-likeness (QED) is 0.896. The zero-order valence-electron chi connectivity index (χ0n) is 13.2. The van der Waals surface area contributed by atoms with Gasteiger partial charge in [0.1, 0.15) is 4.90 Å². The summed E-state index contributed by atoms with van der Waals surface area (Å²) in [5.41, 5.74) is 0.630. The number of hydrogen-bond donors (Lipinski definition) is 1. The number of likely N-dealkylation sites (N-methyl/N-ethyl adjacent to an activating group) is 1. The molecule has 1 saturated heterocycles. The lowest BCUT2D eigenvalue weighted by Gasteiger charge is -2.36. The van der Waals surface area contributed by atoms with Gasteiger partial charge in [-0.15, -0.1) is 0 Å². The van der Waals surface area contributed by atoms with Gasteiger partial charge in [0.15, 0.2) is 0 Å². The van der Waals surface area contributed by atoms with Crippen LogP contribution >= 0.6 is 0 Å². The van der Waals surface area contributed by atoms with E-state index in [9.17, 15) is 13.5 Å². The fraction of sp³-hybridized carbons (Fsp3) is 0.714. The van der Waals surface area contributed by atoms with E-state index in [1.54, 1.807) is 16.6 Å². The van der Waals surface area contributed by atoms with Gasteiger partial charge >= 0.3 is 0 Å². The Morgan fingerprint density at radius 2 is 2.05 bits per heavy atom. The molecule has 7 heteroatoms. The van der Waals surface area contributed by atoms with E-state index in [1.807, 2.05) is 32.4 Å². The van der Waals surface area contributed by atoms with Crippen molar-refractivity contribution in [3.05, 3.63) is 18.0 Å². The molecule has 0 aliphatic carbocycles. The van der Waals surface area contributed by atoms with E-state index >= 15 is 0 Å². The van der Waals surface area contributed by atoms with Crippen molar-refractivity contribution in [2.75, 3.05) is 26.7 Å². The average Bonchev–Trinajstić information content (AvgIpc) is 2.86. The summed E-state index contributed by atoms with van der Waals surface area (Å²) in [6.45, 7) is 7.54. The van der Waals surface area contributed by atoms with Gasteiger partial charge in [0.2, 0.25) is 10.0 Å². The molecule has 1 aromatic rings. The molecule has 1 aromatic heterocycles. The first-order chi connectivity index (χ1) is 9.77. The Kier molecular flexibility index (Phi) is 4.77. The van der Waals surface area contributed by atoms with Crippen molar-refractivity contribution in [2.24, 2.45) is 0 Å². The third-order valence-corrected chi connectivity index (χ3v) is 6.02. The van der Waals surface area contributed by atoms with E-state index in [4.69, 9.17) is 0 Å². The maximum atomic E-state index is 12.8. The molecule has 2 heterocycles. The monoisotopic (exact) mass is 315 g/mol. The third-order valence-electron chi connectivity index (χ3n) is 4.19. The molecule has 1 atom stereocenters. The molecule has 120 valence electrons. The van der Waals surface area contributed by atoms with Crippen molar-refractivity contribution < 1.29 is 13.5 Å². The Balaban J connectivity index is 2.32. The van der Waals surface area contributed by atoms with Gasteiger partial charge in [0.05, 0.1) is 6.61 Å². The summed E-state index contributed by atoms with van der Waals surface area (Å²) in [6.07, 6.45) is 1.63. The summed E-state index contributed by atoms with van der Waals surface area (Å²) in [5, 5.41) is 9.40. The minimum atomic E-state index is -3.49. The zero-order valence-corrected chi connectivity index (χ0v) is 14.0. The normalized spacial score (nSPS) is 22.1. The molecule has 0 aromatic carbocycles. The second-order valence-corrected chi connectivity index (χ2v) is 7.96. The van der Waals surface area contributed by atoms with Crippen LogP contribution < -0.4 is 0 Å². The highest BCUT2D eigenvalue weighted by Gasteiger charge is 2.32. The molecule has 1 aliphatic rings. The van der Waals surface area contributed by atoms with Crippen LogP contribution in [0.4, 0.5) is 0 Å². The van der Waals surface area contributed by atoms with Gasteiger partial charge in [-0.2, -0.15) is 4.31 Å². The molecule has 1 N–H and O–H groups in total. The minimum absolute atomic E-state index is 0.113. The lowest BCUT2D eigenvalue weighted by molar-refractivity contribution is 0.159. The summed E-state index contributed by atoms with van der Waals surface area (Å²) in [5.74, 6) is 0. The van der Waals surface area contributed by atoms with Gasteiger partial charge in [-0.3, -0.25) is 0 Å². The Morgan fingerprint density at radius 3 is 2.52 bits per heavy atom. The third kappa shape index (κ3) is 3.15. The van der Waals surface area contributed by atoms with Crippen LogP contribution in [0.15, 0.2) is 17.2 Å². The van der Waals surface area contributed by atoms with Crippen molar-refractivity contribution >= 4 is 10.0 Å². The number of nitrogens with zero attached hydrogens (tertiary/aromatic N) is 3. The van der Waals surface area contributed by atoms with Crippen LogP contribution in [0.3, 0.4) is 0 Å². The van der Waals surface area contributed by atoms with Crippen molar-refractivity contribution in [1.29, 1.82) is 0 Å². The highest BCUT2D eigenvalue weighted by atomic mass is 32.2. The number of rotatable bonds is 4. The van der Waals surface area contributed by atoms with Crippen LogP contribution in [0.25, 0.3) is 0 Å². The first-order valence-corrected chi connectivity index (χ1v) is 8.73. The minimum Gasteiger partial charge on any atom is -0.390 e. The number of aromatic nitrogens is 1. The van der Waals surface area contributed by atoms with Crippen LogP contribution in [0, 0.1) is 0 Å². The summed E-state index contributed by atoms with van der Waals surface area (Å²) in [4.78, 5) is 2.43. The highest BCUT2D eigenvalue weighted by molar-refractivity contribution is 7.89. The SMILES string of the molecule is CC1CN(S(=O)(=O)c2cc(CO)n(C(C)C)c2)CCN1C. The van der Waals surface area contributed by atoms with Crippen molar-refractivity contribution in [1.82, 2.24) is 13.8 Å². The molecular weight excluding hydrogens is 290 g/mol. The van der Waals surface area contributed by atoms with Crippen LogP contribution in [0.1, 0.15) is 32.5 Å². The molecule has 0 amide bonds. The lowest BCUT2D eigenvalue weighted by Crippen LogP contribution is -2.51. The molecular formula is C14H25N3O3S. The number of aliphatic hydroxyl groups excluding tert-OH is 1. The van der Waals surface area contributed by atoms with E-state index in [1.165, 1.54) is 0 Å². The first kappa shape index (κ1) is 16.5. The zero-order chi connectivity index (χ0) is 15.8. The van der Waals surface area contributed by atoms with Gasteiger partial charge in [-0.25, -0.2) is 8.42 Å². The van der Waals surface area contributed by atoms with Crippen molar-refractivity contribution in [3.8, 4) is 0 Å². The predicted molar refractivity (Wildman–Crippen MR) is 81.6 cm³/mol. The lowest BCUT2D eigenvalue weighted by atomic mass is 10.2. The molecule has 1 unspecified atom stereocenters. The Morgan fingerprint density at radius 1 is 1.38 bits per heavy atom. The Hall–Kier alpha value is -0.890. The number of hydrogen-bond acceptors (Lipinski definition) is 4. The number of piperazine rings is 1. The van der Waals surface area contributed by atoms with Gasteiger partial charge in [0.25, 0.3) is 0 Å². The second-order valence-electron chi connectivity index (χ2n) is 6.02. The molecule has 21 heavy (non-hydrogen) atoms. The highest BCUT2D eigenvalue weighted by Crippen LogP contribution is 2.24. The van der Waals surface area contributed by atoms with Gasteiger partial charge in [0, 0.05) is 43.6 Å². The average molecular weight is 315 g/mol. The first-order valence-electron chi connectivity index (χ1n) is 7.29. The Labute approximate surface area is 127 Å². The molecule has 1 aliphatic heterocycles. The van der Waals surface area contributed by atoms with Crippen LogP contribution in [-0.4, -0.2) is 60.0 Å². The second kappa shape index (κ2) is 6.08. The summed E-state index contributed by atoms with van der Waals surface area (Å²) in [7, 11) is -1.48. The largest absolute Gasteiger partial charge is 0.390 e. The molecule has 0 radical (unpaired) electrons. The van der Waals surface area contributed by atoms with Gasteiger partial charge < -0.3 is 14.6 Å². The topological polar surface area (TPSA) is 65.8 Å². The fourth-order valence-electron chi connectivity index (χ4n) is 2.63. The van der Waals surface area contributed by atoms with Crippen molar-refractivity contribution in [2.45, 2.75) is 44.4 Å². The van der Waals surface area contributed by atoms with E-state index in [-0.39, 0.29) is 23.6 Å². The number of sulfonamides is 1. The van der Waals surface area contributed by atoms with Crippen LogP contribution in [0.2, 0.25) is 0 Å². The van der Waals surface area contributed by atoms with Gasteiger partial charge in [-0.1, -0.05) is 0 Å². The van der Waals surface area contributed by atoms with Crippen LogP contribution in [-0.2, 0) is 16.6 Å². The van der Waals surface area contributed by atoms with Crippen molar-refractivity contribution in [3.63, 3.8) is 0 Å². The standard InChI is InChI=1S/C14H25N3O3S/c1-11(2)17-9-14(7-13(17)10-18)21(19,20)16-6-5-15(4)12(3)8-16/h7,9,11-12,18H,5-6,8,10H2,1-4H3.